The number of para-hydroxylation sites is 1. The van der Waals surface area contributed by atoms with Crippen molar-refractivity contribution >= 4 is 34.1 Å². The second kappa shape index (κ2) is 5.17. The van der Waals surface area contributed by atoms with E-state index in [1.807, 2.05) is 18.2 Å². The number of nitrogen functional groups attached to an aromatic ring is 1. The summed E-state index contributed by atoms with van der Waals surface area (Å²) in [6.45, 7) is 5.06. The molecule has 0 fully saturated rings. The fraction of sp³-hybridized carbons (Fsp3) is 0.267. The van der Waals surface area contributed by atoms with Crippen molar-refractivity contribution in [1.29, 1.82) is 0 Å². The summed E-state index contributed by atoms with van der Waals surface area (Å²) in [5.41, 5.74) is 8.06. The summed E-state index contributed by atoms with van der Waals surface area (Å²) < 4.78 is 5.86. The Hall–Kier alpha value is -2.01. The fourth-order valence-corrected chi connectivity index (χ4v) is 2.83. The van der Waals surface area contributed by atoms with Crippen LogP contribution in [0, 0.1) is 0 Å². The van der Waals surface area contributed by atoms with Gasteiger partial charge in [-0.15, -0.1) is 11.3 Å². The third-order valence-corrected chi connectivity index (χ3v) is 4.08. The van der Waals surface area contributed by atoms with E-state index in [-0.39, 0.29) is 0 Å². The molecule has 2 aromatic heterocycles. The van der Waals surface area contributed by atoms with E-state index in [2.05, 4.69) is 41.2 Å². The van der Waals surface area contributed by atoms with Crippen LogP contribution < -0.4 is 10.6 Å². The van der Waals surface area contributed by atoms with Gasteiger partial charge in [0.2, 0.25) is 0 Å². The van der Waals surface area contributed by atoms with Gasteiger partial charge in [-0.05, 0) is 37.4 Å². The molecule has 0 bridgehead atoms. The molecule has 104 valence electrons. The summed E-state index contributed by atoms with van der Waals surface area (Å²) in [7, 11) is 0. The summed E-state index contributed by atoms with van der Waals surface area (Å²) in [5, 5.41) is 2.08. The highest BCUT2D eigenvalue weighted by molar-refractivity contribution is 7.09. The van der Waals surface area contributed by atoms with Crippen LogP contribution in [0.4, 0.5) is 11.7 Å². The number of fused-ring (bicyclic) bond motifs is 1. The number of nitrogens with zero attached hydrogens (tertiary/aromatic N) is 2. The molecular weight excluding hydrogens is 270 g/mol. The van der Waals surface area contributed by atoms with E-state index < -0.39 is 0 Å². The van der Waals surface area contributed by atoms with Gasteiger partial charge < -0.3 is 15.1 Å². The molecule has 3 aromatic rings. The molecule has 2 N–H and O–H groups in total. The quantitative estimate of drug-likeness (QED) is 0.740. The summed E-state index contributed by atoms with van der Waals surface area (Å²) in [4.78, 5) is 7.98. The standard InChI is InChI=1S/C15H17N3OS/c1-10(2)18(9-11-5-4-8-20-11)15-17-14-12(16)6-3-7-13(14)19-15/h3-8,10H,9,16H2,1-2H3. The number of rotatable bonds is 4. The Balaban J connectivity index is 1.99. The number of benzene rings is 1. The molecule has 3 rings (SSSR count). The SMILES string of the molecule is CC(C)N(Cc1cccs1)c1nc2c(N)cccc2o1. The molecule has 0 saturated carbocycles. The van der Waals surface area contributed by atoms with E-state index >= 15 is 0 Å². The van der Waals surface area contributed by atoms with Crippen LogP contribution in [0.3, 0.4) is 0 Å². The molecule has 0 aliphatic carbocycles. The number of nitrogens with two attached hydrogens (primary N) is 1. The molecule has 0 saturated heterocycles. The Morgan fingerprint density at radius 1 is 1.30 bits per heavy atom. The predicted molar refractivity (Wildman–Crippen MR) is 84.1 cm³/mol. The summed E-state index contributed by atoms with van der Waals surface area (Å²) in [5.74, 6) is 0. The number of anilines is 2. The van der Waals surface area contributed by atoms with Crippen LogP contribution in [0.1, 0.15) is 18.7 Å². The van der Waals surface area contributed by atoms with E-state index in [1.165, 1.54) is 4.88 Å². The van der Waals surface area contributed by atoms with E-state index in [9.17, 15) is 0 Å². The number of hydrogen-bond acceptors (Lipinski definition) is 5. The lowest BCUT2D eigenvalue weighted by Crippen LogP contribution is -2.30. The van der Waals surface area contributed by atoms with Crippen LogP contribution in [0.25, 0.3) is 11.1 Å². The van der Waals surface area contributed by atoms with Gasteiger partial charge in [-0.2, -0.15) is 4.98 Å². The van der Waals surface area contributed by atoms with Gasteiger partial charge in [-0.1, -0.05) is 12.1 Å². The smallest absolute Gasteiger partial charge is 0.299 e. The molecule has 1 aromatic carbocycles. The first-order valence-corrected chi connectivity index (χ1v) is 7.47. The van der Waals surface area contributed by atoms with Crippen molar-refractivity contribution in [3.63, 3.8) is 0 Å². The van der Waals surface area contributed by atoms with Crippen LogP contribution >= 0.6 is 11.3 Å². The molecule has 20 heavy (non-hydrogen) atoms. The average Bonchev–Trinajstić information content (AvgIpc) is 3.05. The van der Waals surface area contributed by atoms with Crippen molar-refractivity contribution in [2.45, 2.75) is 26.4 Å². The van der Waals surface area contributed by atoms with Crippen molar-refractivity contribution in [3.8, 4) is 0 Å². The molecule has 0 radical (unpaired) electrons. The van der Waals surface area contributed by atoms with Gasteiger partial charge in [0.25, 0.3) is 6.01 Å². The van der Waals surface area contributed by atoms with Crippen LogP contribution in [-0.4, -0.2) is 11.0 Å². The first kappa shape index (κ1) is 13.0. The molecule has 0 unspecified atom stereocenters. The number of hydrogen-bond donors (Lipinski definition) is 1. The fourth-order valence-electron chi connectivity index (χ4n) is 2.12. The van der Waals surface area contributed by atoms with Crippen LogP contribution in [0.15, 0.2) is 40.1 Å². The Labute approximate surface area is 121 Å². The highest BCUT2D eigenvalue weighted by atomic mass is 32.1. The van der Waals surface area contributed by atoms with Gasteiger partial charge in [0.05, 0.1) is 12.2 Å². The largest absolute Gasteiger partial charge is 0.423 e. The second-order valence-corrected chi connectivity index (χ2v) is 6.02. The minimum atomic E-state index is 0.298. The average molecular weight is 287 g/mol. The van der Waals surface area contributed by atoms with Gasteiger partial charge in [-0.25, -0.2) is 0 Å². The normalized spacial score (nSPS) is 11.3. The van der Waals surface area contributed by atoms with Gasteiger partial charge in [-0.3, -0.25) is 0 Å². The van der Waals surface area contributed by atoms with E-state index in [4.69, 9.17) is 10.2 Å². The molecule has 0 atom stereocenters. The highest BCUT2D eigenvalue weighted by Crippen LogP contribution is 2.28. The topological polar surface area (TPSA) is 55.3 Å². The maximum Gasteiger partial charge on any atom is 0.299 e. The Kier molecular flexibility index (Phi) is 3.36. The molecular formula is C15H17N3OS. The van der Waals surface area contributed by atoms with E-state index in [1.54, 1.807) is 11.3 Å². The highest BCUT2D eigenvalue weighted by Gasteiger charge is 2.18. The molecule has 2 heterocycles. The minimum absolute atomic E-state index is 0.298. The summed E-state index contributed by atoms with van der Waals surface area (Å²) in [6, 6.07) is 10.7. The zero-order valence-corrected chi connectivity index (χ0v) is 12.4. The van der Waals surface area contributed by atoms with E-state index in [0.29, 0.717) is 17.7 Å². The lowest BCUT2D eigenvalue weighted by Gasteiger charge is -2.24. The molecule has 0 aliphatic heterocycles. The number of aromatic nitrogens is 1. The summed E-state index contributed by atoms with van der Waals surface area (Å²) in [6.07, 6.45) is 0. The zero-order chi connectivity index (χ0) is 14.1. The molecule has 5 heteroatoms. The Morgan fingerprint density at radius 3 is 2.80 bits per heavy atom. The lowest BCUT2D eigenvalue weighted by molar-refractivity contribution is 0.537. The monoisotopic (exact) mass is 287 g/mol. The number of thiophene rings is 1. The molecule has 0 spiro atoms. The van der Waals surface area contributed by atoms with Crippen LogP contribution in [-0.2, 0) is 6.54 Å². The molecule has 0 aliphatic rings. The maximum atomic E-state index is 5.94. The van der Waals surface area contributed by atoms with Crippen molar-refractivity contribution in [1.82, 2.24) is 4.98 Å². The minimum Gasteiger partial charge on any atom is -0.423 e. The van der Waals surface area contributed by atoms with Gasteiger partial charge >= 0.3 is 0 Å². The van der Waals surface area contributed by atoms with Crippen molar-refractivity contribution < 1.29 is 4.42 Å². The second-order valence-electron chi connectivity index (χ2n) is 4.99. The number of oxazole rings is 1. The van der Waals surface area contributed by atoms with Crippen LogP contribution in [0.2, 0.25) is 0 Å². The summed E-state index contributed by atoms with van der Waals surface area (Å²) >= 11 is 1.74. The van der Waals surface area contributed by atoms with Crippen molar-refractivity contribution in [2.24, 2.45) is 0 Å². The zero-order valence-electron chi connectivity index (χ0n) is 11.5. The lowest BCUT2D eigenvalue weighted by atomic mass is 10.3. The van der Waals surface area contributed by atoms with Crippen LogP contribution in [0.5, 0.6) is 0 Å². The van der Waals surface area contributed by atoms with Crippen molar-refractivity contribution in [2.75, 3.05) is 10.6 Å². The van der Waals surface area contributed by atoms with E-state index in [0.717, 1.165) is 17.6 Å². The van der Waals surface area contributed by atoms with Crippen molar-refractivity contribution in [3.05, 3.63) is 40.6 Å². The van der Waals surface area contributed by atoms with Gasteiger partial charge in [0.1, 0.15) is 5.52 Å². The van der Waals surface area contributed by atoms with Gasteiger partial charge in [0, 0.05) is 10.9 Å². The molecule has 0 amide bonds. The first-order valence-electron chi connectivity index (χ1n) is 6.59. The first-order chi connectivity index (χ1) is 9.65. The third-order valence-electron chi connectivity index (χ3n) is 3.21. The Morgan fingerprint density at radius 2 is 2.15 bits per heavy atom. The third kappa shape index (κ3) is 2.36. The predicted octanol–water partition coefficient (Wildman–Crippen LogP) is 3.89. The Bertz CT molecular complexity index is 703. The van der Waals surface area contributed by atoms with Gasteiger partial charge in [0.15, 0.2) is 5.58 Å². The maximum absolute atomic E-state index is 5.94. The molecule has 4 nitrogen and oxygen atoms in total.